The van der Waals surface area contributed by atoms with Crippen LogP contribution in [0.4, 0.5) is 5.69 Å². The van der Waals surface area contributed by atoms with Crippen molar-refractivity contribution >= 4 is 34.8 Å². The topological polar surface area (TPSA) is 70.7 Å². The lowest BCUT2D eigenvalue weighted by molar-refractivity contribution is 0.0827. The van der Waals surface area contributed by atoms with Crippen LogP contribution < -0.4 is 15.4 Å². The Morgan fingerprint density at radius 2 is 1.76 bits per heavy atom. The molecule has 0 atom stereocenters. The molecule has 0 spiro atoms. The maximum atomic E-state index is 12.5. The van der Waals surface area contributed by atoms with Gasteiger partial charge in [0.2, 0.25) is 0 Å². The lowest BCUT2D eigenvalue weighted by Crippen LogP contribution is -2.34. The first-order valence-electron chi connectivity index (χ1n) is 9.43. The molecule has 2 aromatic carbocycles. The maximum Gasteiger partial charge on any atom is 0.257 e. The monoisotopic (exact) mass is 413 g/mol. The van der Waals surface area contributed by atoms with E-state index in [0.717, 1.165) is 6.42 Å². The average molecular weight is 414 g/mol. The van der Waals surface area contributed by atoms with Gasteiger partial charge in [-0.25, -0.2) is 0 Å². The van der Waals surface area contributed by atoms with Crippen LogP contribution in [0, 0.1) is 5.92 Å². The van der Waals surface area contributed by atoms with Crippen LogP contribution in [0.3, 0.4) is 0 Å². The van der Waals surface area contributed by atoms with Crippen molar-refractivity contribution in [2.45, 2.75) is 20.3 Å². The zero-order valence-electron chi connectivity index (χ0n) is 17.2. The molecule has 0 aliphatic carbocycles. The number of carbonyl (C=O) groups is 2. The quantitative estimate of drug-likeness (QED) is 0.673. The third-order valence-corrected chi connectivity index (χ3v) is 4.26. The normalized spacial score (nSPS) is 10.4. The van der Waals surface area contributed by atoms with E-state index in [1.54, 1.807) is 56.6 Å². The highest BCUT2D eigenvalue weighted by Crippen LogP contribution is 2.15. The van der Waals surface area contributed by atoms with Crippen molar-refractivity contribution in [1.82, 2.24) is 10.2 Å². The highest BCUT2D eigenvalue weighted by molar-refractivity contribution is 7.80. The predicted octanol–water partition coefficient (Wildman–Crippen LogP) is 3.94. The van der Waals surface area contributed by atoms with Crippen LogP contribution in [0.5, 0.6) is 5.75 Å². The number of thiocarbonyl (C=S) groups is 1. The Kier molecular flexibility index (Phi) is 8.15. The molecule has 0 radical (unpaired) electrons. The number of nitrogens with one attached hydrogen (secondary N) is 2. The second kappa shape index (κ2) is 10.6. The number of benzene rings is 2. The summed E-state index contributed by atoms with van der Waals surface area (Å²) in [5.41, 5.74) is 1.60. The number of ether oxygens (including phenoxy) is 1. The summed E-state index contributed by atoms with van der Waals surface area (Å²) in [5, 5.41) is 5.73. The Morgan fingerprint density at radius 3 is 2.45 bits per heavy atom. The first-order valence-corrected chi connectivity index (χ1v) is 9.84. The fourth-order valence-electron chi connectivity index (χ4n) is 2.47. The predicted molar refractivity (Wildman–Crippen MR) is 120 cm³/mol. The van der Waals surface area contributed by atoms with E-state index in [9.17, 15) is 9.59 Å². The minimum absolute atomic E-state index is 0.113. The van der Waals surface area contributed by atoms with Gasteiger partial charge in [-0.3, -0.25) is 14.9 Å². The lowest BCUT2D eigenvalue weighted by Gasteiger charge is -2.13. The largest absolute Gasteiger partial charge is 0.494 e. The lowest BCUT2D eigenvalue weighted by atomic mass is 10.1. The SMILES string of the molecule is CC(C)CCOc1cccc(C(=O)NC(=S)Nc2cccc(C(=O)N(C)C)c2)c1. The van der Waals surface area contributed by atoms with Gasteiger partial charge in [0.05, 0.1) is 6.61 Å². The minimum atomic E-state index is -0.336. The number of anilines is 1. The highest BCUT2D eigenvalue weighted by Gasteiger charge is 2.11. The summed E-state index contributed by atoms with van der Waals surface area (Å²) < 4.78 is 5.70. The fourth-order valence-corrected chi connectivity index (χ4v) is 2.68. The van der Waals surface area contributed by atoms with Crippen molar-refractivity contribution < 1.29 is 14.3 Å². The van der Waals surface area contributed by atoms with Crippen LogP contribution in [-0.2, 0) is 0 Å². The molecule has 0 heterocycles. The summed E-state index contributed by atoms with van der Waals surface area (Å²) in [6.07, 6.45) is 0.944. The molecule has 0 aliphatic rings. The molecule has 0 aromatic heterocycles. The Morgan fingerprint density at radius 1 is 1.07 bits per heavy atom. The molecule has 2 N–H and O–H groups in total. The first-order chi connectivity index (χ1) is 13.8. The number of rotatable bonds is 7. The Labute approximate surface area is 177 Å². The molecule has 2 rings (SSSR count). The van der Waals surface area contributed by atoms with Crippen LogP contribution in [0.25, 0.3) is 0 Å². The van der Waals surface area contributed by atoms with E-state index in [1.165, 1.54) is 4.90 Å². The van der Waals surface area contributed by atoms with E-state index >= 15 is 0 Å². The number of carbonyl (C=O) groups excluding carboxylic acids is 2. The Bertz CT molecular complexity index is 881. The zero-order valence-corrected chi connectivity index (χ0v) is 18.0. The van der Waals surface area contributed by atoms with Gasteiger partial charge in [-0.15, -0.1) is 0 Å². The summed E-state index contributed by atoms with van der Waals surface area (Å²) in [7, 11) is 3.38. The van der Waals surface area contributed by atoms with Crippen molar-refractivity contribution in [3.8, 4) is 5.75 Å². The molecule has 6 nitrogen and oxygen atoms in total. The molecule has 29 heavy (non-hydrogen) atoms. The molecule has 2 amide bonds. The fraction of sp³-hybridized carbons (Fsp3) is 0.318. The van der Waals surface area contributed by atoms with E-state index in [4.69, 9.17) is 17.0 Å². The average Bonchev–Trinajstić information content (AvgIpc) is 2.67. The van der Waals surface area contributed by atoms with Crippen molar-refractivity contribution in [3.05, 3.63) is 59.7 Å². The number of hydrogen-bond acceptors (Lipinski definition) is 4. The molecular formula is C22H27N3O3S. The van der Waals surface area contributed by atoms with Crippen LogP contribution in [0.2, 0.25) is 0 Å². The summed E-state index contributed by atoms with van der Waals surface area (Å²) in [6.45, 7) is 4.87. The van der Waals surface area contributed by atoms with Gasteiger partial charge in [0, 0.05) is 30.9 Å². The van der Waals surface area contributed by atoms with Gasteiger partial charge < -0.3 is 15.0 Å². The summed E-state index contributed by atoms with van der Waals surface area (Å²) in [4.78, 5) is 26.1. The van der Waals surface area contributed by atoms with Gasteiger partial charge in [0.15, 0.2) is 5.11 Å². The summed E-state index contributed by atoms with van der Waals surface area (Å²) >= 11 is 5.23. The maximum absolute atomic E-state index is 12.5. The zero-order chi connectivity index (χ0) is 21.4. The van der Waals surface area contributed by atoms with E-state index in [1.807, 2.05) is 6.07 Å². The van der Waals surface area contributed by atoms with E-state index in [2.05, 4.69) is 24.5 Å². The standard InChI is InChI=1S/C22H27N3O3S/c1-15(2)11-12-28-19-10-6-7-16(14-19)20(26)24-22(29)23-18-9-5-8-17(13-18)21(27)25(3)4/h5-10,13-15H,11-12H2,1-4H3,(H2,23,24,26,29). The number of hydrogen-bond donors (Lipinski definition) is 2. The van der Waals surface area contributed by atoms with Gasteiger partial charge in [-0.2, -0.15) is 0 Å². The first kappa shape index (κ1) is 22.4. The van der Waals surface area contributed by atoms with Crippen LogP contribution in [0.1, 0.15) is 41.0 Å². The van der Waals surface area contributed by atoms with Crippen molar-refractivity contribution in [2.24, 2.45) is 5.92 Å². The Balaban J connectivity index is 1.96. The highest BCUT2D eigenvalue weighted by atomic mass is 32.1. The molecule has 2 aromatic rings. The second-order valence-corrected chi connectivity index (χ2v) is 7.66. The molecule has 7 heteroatoms. The summed E-state index contributed by atoms with van der Waals surface area (Å²) in [6, 6.07) is 13.9. The second-order valence-electron chi connectivity index (χ2n) is 7.25. The Hall–Kier alpha value is -2.93. The molecule has 0 aliphatic heterocycles. The van der Waals surface area contributed by atoms with E-state index in [-0.39, 0.29) is 16.9 Å². The van der Waals surface area contributed by atoms with Gasteiger partial charge in [0.1, 0.15) is 5.75 Å². The van der Waals surface area contributed by atoms with Gasteiger partial charge in [-0.05, 0) is 61.0 Å². The molecular weight excluding hydrogens is 386 g/mol. The van der Waals surface area contributed by atoms with Gasteiger partial charge in [0.25, 0.3) is 11.8 Å². The molecule has 0 saturated carbocycles. The molecule has 0 bridgehead atoms. The molecule has 154 valence electrons. The van der Waals surface area contributed by atoms with Crippen LogP contribution in [0.15, 0.2) is 48.5 Å². The number of amides is 2. The van der Waals surface area contributed by atoms with Crippen LogP contribution in [-0.4, -0.2) is 42.5 Å². The van der Waals surface area contributed by atoms with Crippen molar-refractivity contribution in [3.63, 3.8) is 0 Å². The van der Waals surface area contributed by atoms with Crippen molar-refractivity contribution in [2.75, 3.05) is 26.0 Å². The van der Waals surface area contributed by atoms with Gasteiger partial charge >= 0.3 is 0 Å². The third-order valence-electron chi connectivity index (χ3n) is 4.06. The van der Waals surface area contributed by atoms with E-state index in [0.29, 0.717) is 35.1 Å². The molecule has 0 unspecified atom stereocenters. The molecule has 0 saturated heterocycles. The third kappa shape index (κ3) is 7.19. The minimum Gasteiger partial charge on any atom is -0.494 e. The molecule has 0 fully saturated rings. The smallest absolute Gasteiger partial charge is 0.257 e. The van der Waals surface area contributed by atoms with Crippen molar-refractivity contribution in [1.29, 1.82) is 0 Å². The number of nitrogens with zero attached hydrogens (tertiary/aromatic N) is 1. The van der Waals surface area contributed by atoms with Crippen LogP contribution >= 0.6 is 12.2 Å². The summed E-state index contributed by atoms with van der Waals surface area (Å²) in [5.74, 6) is 0.749. The van der Waals surface area contributed by atoms with Gasteiger partial charge in [-0.1, -0.05) is 26.0 Å². The van der Waals surface area contributed by atoms with E-state index < -0.39 is 0 Å².